The zero-order valence-corrected chi connectivity index (χ0v) is 12.5. The Hall–Kier alpha value is -0.250. The molecule has 0 bridgehead atoms. The highest BCUT2D eigenvalue weighted by Gasteiger charge is 2.43. The van der Waals surface area contributed by atoms with Gasteiger partial charge in [0.05, 0.1) is 5.92 Å². The van der Waals surface area contributed by atoms with E-state index in [2.05, 4.69) is 6.92 Å². The molecular formula is C16H28F3N. The molecule has 2 N–H and O–H groups in total. The molecule has 0 amide bonds. The molecule has 2 saturated carbocycles. The molecule has 0 aliphatic heterocycles. The van der Waals surface area contributed by atoms with Crippen LogP contribution in [0.3, 0.4) is 0 Å². The Kier molecular flexibility index (Phi) is 5.38. The molecule has 0 heterocycles. The van der Waals surface area contributed by atoms with E-state index in [0.717, 1.165) is 5.92 Å². The first-order valence-corrected chi connectivity index (χ1v) is 8.24. The first-order valence-electron chi connectivity index (χ1n) is 8.24. The third-order valence-electron chi connectivity index (χ3n) is 5.72. The maximum Gasteiger partial charge on any atom is 0.391 e. The van der Waals surface area contributed by atoms with Crippen LogP contribution in [0, 0.1) is 23.7 Å². The quantitative estimate of drug-likeness (QED) is 0.786. The van der Waals surface area contributed by atoms with Crippen LogP contribution in [-0.2, 0) is 0 Å². The van der Waals surface area contributed by atoms with Crippen LogP contribution >= 0.6 is 0 Å². The van der Waals surface area contributed by atoms with Gasteiger partial charge in [-0.05, 0) is 56.3 Å². The van der Waals surface area contributed by atoms with Crippen molar-refractivity contribution in [2.45, 2.75) is 76.9 Å². The van der Waals surface area contributed by atoms with Crippen LogP contribution in [0.2, 0.25) is 0 Å². The van der Waals surface area contributed by atoms with E-state index in [0.29, 0.717) is 24.7 Å². The predicted octanol–water partition coefficient (Wildman–Crippen LogP) is 4.90. The van der Waals surface area contributed by atoms with Gasteiger partial charge in [0.15, 0.2) is 0 Å². The van der Waals surface area contributed by atoms with Crippen molar-refractivity contribution in [3.05, 3.63) is 0 Å². The SMILES string of the molecule is CCC1CCCC(C(N)C2CCC(C(F)(F)F)CC2)C1. The van der Waals surface area contributed by atoms with Gasteiger partial charge >= 0.3 is 6.18 Å². The van der Waals surface area contributed by atoms with Gasteiger partial charge in [-0.3, -0.25) is 0 Å². The summed E-state index contributed by atoms with van der Waals surface area (Å²) in [6, 6.07) is 0.124. The number of rotatable bonds is 3. The maximum atomic E-state index is 12.7. The minimum Gasteiger partial charge on any atom is -0.327 e. The summed E-state index contributed by atoms with van der Waals surface area (Å²) in [5.41, 5.74) is 6.41. The van der Waals surface area contributed by atoms with Crippen molar-refractivity contribution >= 4 is 0 Å². The number of nitrogens with two attached hydrogens (primary N) is 1. The maximum absolute atomic E-state index is 12.7. The van der Waals surface area contributed by atoms with Crippen molar-refractivity contribution in [1.82, 2.24) is 0 Å². The van der Waals surface area contributed by atoms with Crippen LogP contribution in [0.5, 0.6) is 0 Å². The van der Waals surface area contributed by atoms with E-state index in [9.17, 15) is 13.2 Å². The number of alkyl halides is 3. The normalized spacial score (nSPS) is 37.6. The average molecular weight is 291 g/mol. The van der Waals surface area contributed by atoms with Crippen molar-refractivity contribution in [1.29, 1.82) is 0 Å². The smallest absolute Gasteiger partial charge is 0.327 e. The highest BCUT2D eigenvalue weighted by Crippen LogP contribution is 2.43. The summed E-state index contributed by atoms with van der Waals surface area (Å²) >= 11 is 0. The first-order chi connectivity index (χ1) is 9.41. The molecule has 2 rings (SSSR count). The summed E-state index contributed by atoms with van der Waals surface area (Å²) in [6.45, 7) is 2.23. The zero-order valence-electron chi connectivity index (χ0n) is 12.5. The summed E-state index contributed by atoms with van der Waals surface area (Å²) in [5.74, 6) is 0.558. The van der Waals surface area contributed by atoms with E-state index in [1.165, 1.54) is 32.1 Å². The molecule has 0 radical (unpaired) electrons. The molecule has 0 aromatic heterocycles. The lowest BCUT2D eigenvalue weighted by Gasteiger charge is -2.39. The molecule has 1 nitrogen and oxygen atoms in total. The Morgan fingerprint density at radius 1 is 1.00 bits per heavy atom. The molecule has 0 aromatic carbocycles. The Bertz CT molecular complexity index is 295. The van der Waals surface area contributed by atoms with Gasteiger partial charge in [0.1, 0.15) is 0 Å². The first kappa shape index (κ1) is 16.1. The molecule has 2 aliphatic carbocycles. The van der Waals surface area contributed by atoms with Crippen LogP contribution in [0.4, 0.5) is 13.2 Å². The molecule has 0 aromatic rings. The zero-order chi connectivity index (χ0) is 14.8. The van der Waals surface area contributed by atoms with Crippen LogP contribution in [-0.4, -0.2) is 12.2 Å². The predicted molar refractivity (Wildman–Crippen MR) is 75.2 cm³/mol. The van der Waals surface area contributed by atoms with E-state index in [4.69, 9.17) is 5.73 Å². The summed E-state index contributed by atoms with van der Waals surface area (Å²) in [4.78, 5) is 0. The molecule has 20 heavy (non-hydrogen) atoms. The number of hydrogen-bond donors (Lipinski definition) is 1. The molecule has 2 fully saturated rings. The summed E-state index contributed by atoms with van der Waals surface area (Å²) in [6.07, 6.45) is 4.02. The highest BCUT2D eigenvalue weighted by molar-refractivity contribution is 4.88. The lowest BCUT2D eigenvalue weighted by molar-refractivity contribution is -0.184. The molecule has 3 atom stereocenters. The molecule has 2 aliphatic rings. The molecule has 118 valence electrons. The molecule has 0 saturated heterocycles. The topological polar surface area (TPSA) is 26.0 Å². The number of halogens is 3. The molecule has 4 heteroatoms. The van der Waals surface area contributed by atoms with Gasteiger partial charge in [0, 0.05) is 6.04 Å². The van der Waals surface area contributed by atoms with Gasteiger partial charge in [0.25, 0.3) is 0 Å². The van der Waals surface area contributed by atoms with Gasteiger partial charge in [-0.25, -0.2) is 0 Å². The third-order valence-corrected chi connectivity index (χ3v) is 5.72. The fourth-order valence-electron chi connectivity index (χ4n) is 4.27. The second kappa shape index (κ2) is 6.67. The van der Waals surface area contributed by atoms with Crippen molar-refractivity contribution < 1.29 is 13.2 Å². The Morgan fingerprint density at radius 3 is 2.20 bits per heavy atom. The lowest BCUT2D eigenvalue weighted by atomic mass is 9.69. The molecule has 0 spiro atoms. The highest BCUT2D eigenvalue weighted by atomic mass is 19.4. The van der Waals surface area contributed by atoms with Gasteiger partial charge < -0.3 is 5.73 Å². The van der Waals surface area contributed by atoms with Crippen LogP contribution in [0.1, 0.15) is 64.7 Å². The van der Waals surface area contributed by atoms with Crippen molar-refractivity contribution in [3.63, 3.8) is 0 Å². The van der Waals surface area contributed by atoms with Crippen molar-refractivity contribution in [2.24, 2.45) is 29.4 Å². The minimum absolute atomic E-state index is 0.124. The fraction of sp³-hybridized carbons (Fsp3) is 1.00. The summed E-state index contributed by atoms with van der Waals surface area (Å²) < 4.78 is 38.1. The van der Waals surface area contributed by atoms with Crippen molar-refractivity contribution in [3.8, 4) is 0 Å². The monoisotopic (exact) mass is 291 g/mol. The summed E-state index contributed by atoms with van der Waals surface area (Å²) in [7, 11) is 0. The number of hydrogen-bond acceptors (Lipinski definition) is 1. The van der Waals surface area contributed by atoms with E-state index >= 15 is 0 Å². The van der Waals surface area contributed by atoms with Gasteiger partial charge in [-0.1, -0.05) is 26.2 Å². The minimum atomic E-state index is -4.01. The van der Waals surface area contributed by atoms with E-state index in [-0.39, 0.29) is 18.9 Å². The second-order valence-electron chi connectivity index (χ2n) is 6.93. The Balaban J connectivity index is 1.83. The third kappa shape index (κ3) is 3.90. The van der Waals surface area contributed by atoms with E-state index in [1.807, 2.05) is 0 Å². The van der Waals surface area contributed by atoms with Crippen molar-refractivity contribution in [2.75, 3.05) is 0 Å². The van der Waals surface area contributed by atoms with Crippen LogP contribution in [0.15, 0.2) is 0 Å². The second-order valence-corrected chi connectivity index (χ2v) is 6.93. The Morgan fingerprint density at radius 2 is 1.65 bits per heavy atom. The van der Waals surface area contributed by atoms with E-state index < -0.39 is 12.1 Å². The Labute approximate surface area is 120 Å². The van der Waals surface area contributed by atoms with Crippen LogP contribution in [0.25, 0.3) is 0 Å². The molecular weight excluding hydrogens is 263 g/mol. The largest absolute Gasteiger partial charge is 0.391 e. The lowest BCUT2D eigenvalue weighted by Crippen LogP contribution is -2.42. The fourth-order valence-corrected chi connectivity index (χ4v) is 4.27. The summed E-state index contributed by atoms with van der Waals surface area (Å²) in [5, 5.41) is 0. The average Bonchev–Trinajstić information content (AvgIpc) is 2.46. The molecule has 3 unspecified atom stereocenters. The van der Waals surface area contributed by atoms with Gasteiger partial charge in [-0.15, -0.1) is 0 Å². The van der Waals surface area contributed by atoms with E-state index in [1.54, 1.807) is 0 Å². The van der Waals surface area contributed by atoms with Gasteiger partial charge in [0.2, 0.25) is 0 Å². The van der Waals surface area contributed by atoms with Gasteiger partial charge in [-0.2, -0.15) is 13.2 Å². The standard InChI is InChI=1S/C16H28F3N/c1-2-11-4-3-5-13(10-11)15(20)12-6-8-14(9-7-12)16(17,18)19/h11-15H,2-10,20H2,1H3. The van der Waals surface area contributed by atoms with Crippen LogP contribution < -0.4 is 5.73 Å².